The lowest BCUT2D eigenvalue weighted by Crippen LogP contribution is -2.33. The number of nitrogens with two attached hydrogens (primary N) is 1. The Hall–Kier alpha value is -0.0800. The highest BCUT2D eigenvalue weighted by Crippen LogP contribution is 2.28. The first kappa shape index (κ1) is 10.0. The van der Waals surface area contributed by atoms with Gasteiger partial charge < -0.3 is 10.6 Å². The highest BCUT2D eigenvalue weighted by Gasteiger charge is 2.22. The Morgan fingerprint density at radius 3 is 2.67 bits per heavy atom. The molecule has 0 aromatic heterocycles. The molecule has 0 radical (unpaired) electrons. The van der Waals surface area contributed by atoms with Gasteiger partial charge in [0.2, 0.25) is 0 Å². The largest absolute Gasteiger partial charge is 0.330 e. The molecular formula is C10H22N2. The summed E-state index contributed by atoms with van der Waals surface area (Å²) >= 11 is 0. The number of nitrogens with zero attached hydrogens (tertiary/aromatic N) is 1. The zero-order valence-electron chi connectivity index (χ0n) is 8.42. The molecule has 0 saturated heterocycles. The normalized spacial score (nSPS) is 31.0. The fraction of sp³-hybridized carbons (Fsp3) is 1.00. The summed E-state index contributed by atoms with van der Waals surface area (Å²) in [6.45, 7) is 0.866. The van der Waals surface area contributed by atoms with Crippen molar-refractivity contribution in [2.24, 2.45) is 11.7 Å². The number of rotatable bonds is 3. The van der Waals surface area contributed by atoms with E-state index in [1.807, 2.05) is 0 Å². The van der Waals surface area contributed by atoms with E-state index in [9.17, 15) is 0 Å². The third-order valence-electron chi connectivity index (χ3n) is 3.06. The van der Waals surface area contributed by atoms with Crippen LogP contribution >= 0.6 is 0 Å². The second-order valence-electron chi connectivity index (χ2n) is 4.23. The Kier molecular flexibility index (Phi) is 4.02. The summed E-state index contributed by atoms with van der Waals surface area (Å²) in [6, 6.07) is 0.815. The monoisotopic (exact) mass is 170 g/mol. The summed E-state index contributed by atoms with van der Waals surface area (Å²) in [6.07, 6.45) is 6.78. The molecule has 1 aliphatic rings. The third-order valence-corrected chi connectivity index (χ3v) is 3.06. The molecule has 0 aromatic rings. The van der Waals surface area contributed by atoms with Crippen molar-refractivity contribution in [1.29, 1.82) is 0 Å². The predicted octanol–water partition coefficient (Wildman–Crippen LogP) is 1.46. The lowest BCUT2D eigenvalue weighted by atomic mass is 9.83. The van der Waals surface area contributed by atoms with Crippen LogP contribution in [0.25, 0.3) is 0 Å². The minimum Gasteiger partial charge on any atom is -0.330 e. The molecule has 0 heterocycles. The summed E-state index contributed by atoms with van der Waals surface area (Å²) in [4.78, 5) is 2.36. The SMILES string of the molecule is CN(C)C1CCCC(CCN)C1. The van der Waals surface area contributed by atoms with Crippen LogP contribution < -0.4 is 5.73 Å². The van der Waals surface area contributed by atoms with Crippen LogP contribution in [-0.4, -0.2) is 31.6 Å². The van der Waals surface area contributed by atoms with E-state index in [1.54, 1.807) is 0 Å². The molecule has 0 aliphatic heterocycles. The van der Waals surface area contributed by atoms with Crippen molar-refractivity contribution < 1.29 is 0 Å². The van der Waals surface area contributed by atoms with Gasteiger partial charge in [0.25, 0.3) is 0 Å². The number of hydrogen-bond donors (Lipinski definition) is 1. The van der Waals surface area contributed by atoms with Crippen molar-refractivity contribution in [2.45, 2.75) is 38.1 Å². The van der Waals surface area contributed by atoms with Gasteiger partial charge in [-0.25, -0.2) is 0 Å². The maximum absolute atomic E-state index is 5.57. The minimum atomic E-state index is 0.815. The Labute approximate surface area is 76.1 Å². The van der Waals surface area contributed by atoms with Gasteiger partial charge in [-0.1, -0.05) is 12.8 Å². The van der Waals surface area contributed by atoms with Crippen LogP contribution in [0.15, 0.2) is 0 Å². The van der Waals surface area contributed by atoms with E-state index >= 15 is 0 Å². The zero-order valence-corrected chi connectivity index (χ0v) is 8.42. The van der Waals surface area contributed by atoms with E-state index in [4.69, 9.17) is 5.73 Å². The minimum absolute atomic E-state index is 0.815. The van der Waals surface area contributed by atoms with E-state index in [2.05, 4.69) is 19.0 Å². The average Bonchev–Trinajstić information content (AvgIpc) is 2.05. The predicted molar refractivity (Wildman–Crippen MR) is 53.1 cm³/mol. The maximum Gasteiger partial charge on any atom is 0.00918 e. The Bertz CT molecular complexity index is 121. The van der Waals surface area contributed by atoms with Crippen molar-refractivity contribution in [3.8, 4) is 0 Å². The van der Waals surface area contributed by atoms with E-state index in [0.29, 0.717) is 0 Å². The average molecular weight is 170 g/mol. The molecule has 1 aliphatic carbocycles. The summed E-state index contributed by atoms with van der Waals surface area (Å²) < 4.78 is 0. The third kappa shape index (κ3) is 2.76. The molecule has 0 spiro atoms. The van der Waals surface area contributed by atoms with Crippen LogP contribution in [0.4, 0.5) is 0 Å². The summed E-state index contributed by atoms with van der Waals surface area (Å²) in [5.74, 6) is 0.899. The fourth-order valence-electron chi connectivity index (χ4n) is 2.23. The topological polar surface area (TPSA) is 29.3 Å². The van der Waals surface area contributed by atoms with Crippen molar-refractivity contribution >= 4 is 0 Å². The van der Waals surface area contributed by atoms with Gasteiger partial charge in [-0.3, -0.25) is 0 Å². The van der Waals surface area contributed by atoms with E-state index in [0.717, 1.165) is 18.5 Å². The molecule has 1 rings (SSSR count). The van der Waals surface area contributed by atoms with Crippen LogP contribution in [-0.2, 0) is 0 Å². The highest BCUT2D eigenvalue weighted by atomic mass is 15.1. The standard InChI is InChI=1S/C10H22N2/c1-12(2)10-5-3-4-9(8-10)6-7-11/h9-10H,3-8,11H2,1-2H3. The summed E-state index contributed by atoms with van der Waals surface area (Å²) in [7, 11) is 4.38. The highest BCUT2D eigenvalue weighted by molar-refractivity contribution is 4.77. The van der Waals surface area contributed by atoms with Gasteiger partial charge >= 0.3 is 0 Å². The summed E-state index contributed by atoms with van der Waals surface area (Å²) in [5, 5.41) is 0. The van der Waals surface area contributed by atoms with Crippen molar-refractivity contribution in [3.63, 3.8) is 0 Å². The second kappa shape index (κ2) is 4.83. The molecule has 0 bridgehead atoms. The van der Waals surface area contributed by atoms with Crippen LogP contribution in [0.5, 0.6) is 0 Å². The van der Waals surface area contributed by atoms with E-state index < -0.39 is 0 Å². The van der Waals surface area contributed by atoms with Gasteiger partial charge in [-0.15, -0.1) is 0 Å². The lowest BCUT2D eigenvalue weighted by Gasteiger charge is -2.33. The Balaban J connectivity index is 2.30. The number of hydrogen-bond acceptors (Lipinski definition) is 2. The second-order valence-corrected chi connectivity index (χ2v) is 4.23. The summed E-state index contributed by atoms with van der Waals surface area (Å²) in [5.41, 5.74) is 5.57. The molecule has 2 N–H and O–H groups in total. The Morgan fingerprint density at radius 1 is 1.33 bits per heavy atom. The molecule has 0 aromatic carbocycles. The fourth-order valence-corrected chi connectivity index (χ4v) is 2.23. The molecule has 0 amide bonds. The molecule has 2 heteroatoms. The molecule has 72 valence electrons. The van der Waals surface area contributed by atoms with Gasteiger partial charge in [0.1, 0.15) is 0 Å². The van der Waals surface area contributed by atoms with E-state index in [1.165, 1.54) is 32.1 Å². The van der Waals surface area contributed by atoms with Gasteiger partial charge in [-0.05, 0) is 45.8 Å². The first-order chi connectivity index (χ1) is 5.74. The van der Waals surface area contributed by atoms with Gasteiger partial charge in [0, 0.05) is 6.04 Å². The first-order valence-corrected chi connectivity index (χ1v) is 5.10. The van der Waals surface area contributed by atoms with Gasteiger partial charge in [0.05, 0.1) is 0 Å². The zero-order chi connectivity index (χ0) is 8.97. The van der Waals surface area contributed by atoms with Crippen LogP contribution in [0, 0.1) is 5.92 Å². The molecular weight excluding hydrogens is 148 g/mol. The van der Waals surface area contributed by atoms with Crippen molar-refractivity contribution in [3.05, 3.63) is 0 Å². The lowest BCUT2D eigenvalue weighted by molar-refractivity contribution is 0.181. The van der Waals surface area contributed by atoms with Crippen LogP contribution in [0.1, 0.15) is 32.1 Å². The van der Waals surface area contributed by atoms with Crippen LogP contribution in [0.3, 0.4) is 0 Å². The molecule has 1 fully saturated rings. The molecule has 2 unspecified atom stereocenters. The van der Waals surface area contributed by atoms with Gasteiger partial charge in [-0.2, -0.15) is 0 Å². The van der Waals surface area contributed by atoms with E-state index in [-0.39, 0.29) is 0 Å². The van der Waals surface area contributed by atoms with Gasteiger partial charge in [0.15, 0.2) is 0 Å². The molecule has 2 nitrogen and oxygen atoms in total. The Morgan fingerprint density at radius 2 is 2.08 bits per heavy atom. The van der Waals surface area contributed by atoms with Crippen molar-refractivity contribution in [2.75, 3.05) is 20.6 Å². The van der Waals surface area contributed by atoms with Crippen molar-refractivity contribution in [1.82, 2.24) is 4.90 Å². The molecule has 12 heavy (non-hydrogen) atoms. The quantitative estimate of drug-likeness (QED) is 0.694. The smallest absolute Gasteiger partial charge is 0.00918 e. The maximum atomic E-state index is 5.57. The molecule has 2 atom stereocenters. The molecule has 1 saturated carbocycles. The first-order valence-electron chi connectivity index (χ1n) is 5.10. The van der Waals surface area contributed by atoms with Crippen LogP contribution in [0.2, 0.25) is 0 Å².